The first-order chi connectivity index (χ1) is 34.2. The third-order valence-electron chi connectivity index (χ3n) is 14.5. The number of hydrogen-bond donors (Lipinski definition) is 1. The Morgan fingerprint density at radius 1 is 0.635 bits per heavy atom. The van der Waals surface area contributed by atoms with Gasteiger partial charge in [0.15, 0.2) is 6.10 Å². The van der Waals surface area contributed by atoms with Crippen molar-refractivity contribution in [2.24, 2.45) is 5.41 Å². The van der Waals surface area contributed by atoms with Gasteiger partial charge in [-0.3, -0.25) is 9.55 Å². The Labute approximate surface area is 453 Å². The van der Waals surface area contributed by atoms with E-state index >= 15 is 0 Å². The van der Waals surface area contributed by atoms with Gasteiger partial charge < -0.3 is 14.3 Å². The smallest absolute Gasteiger partial charge is 0.160 e. The summed E-state index contributed by atoms with van der Waals surface area (Å²) in [7, 11) is 0. The maximum Gasteiger partial charge on any atom is 0.160 e. The number of nitrogens with zero attached hydrogens (tertiary/aromatic N) is 3. The van der Waals surface area contributed by atoms with Crippen LogP contribution in [-0.4, -0.2) is 19.6 Å². The van der Waals surface area contributed by atoms with Crippen LogP contribution >= 0.6 is 0 Å². The zero-order chi connectivity index (χ0) is 52.2. The number of benzene rings is 6. The molecule has 0 radical (unpaired) electrons. The molecule has 6 nitrogen and oxygen atoms in total. The van der Waals surface area contributed by atoms with Gasteiger partial charge >= 0.3 is 0 Å². The van der Waals surface area contributed by atoms with Crippen molar-refractivity contribution in [2.45, 2.75) is 144 Å². The van der Waals surface area contributed by atoms with Crippen LogP contribution in [0.15, 0.2) is 132 Å². The third-order valence-corrected chi connectivity index (χ3v) is 14.5. The number of imidazole rings is 1. The maximum atomic E-state index is 12.6. The van der Waals surface area contributed by atoms with Crippen LogP contribution < -0.4 is 4.74 Å². The zero-order valence-electron chi connectivity index (χ0n) is 46.0. The predicted molar refractivity (Wildman–Crippen MR) is 302 cm³/mol. The summed E-state index contributed by atoms with van der Waals surface area (Å²) in [6.07, 6.45) is 3.16. The van der Waals surface area contributed by atoms with Gasteiger partial charge in [-0.15, -0.1) is 29.3 Å². The molecule has 1 aliphatic heterocycles. The summed E-state index contributed by atoms with van der Waals surface area (Å²) in [5, 5.41) is 13.7. The second kappa shape index (κ2) is 18.9. The van der Waals surface area contributed by atoms with E-state index in [1.165, 1.54) is 11.1 Å². The zero-order valence-corrected chi connectivity index (χ0v) is 48.3. The molecule has 0 aliphatic carbocycles. The topological polar surface area (TPSA) is 73.3 Å². The monoisotopic (exact) mass is 1160 g/mol. The number of ether oxygens (including phenoxy) is 1. The van der Waals surface area contributed by atoms with Gasteiger partial charge in [0.05, 0.1) is 22.3 Å². The van der Waals surface area contributed by atoms with Gasteiger partial charge in [-0.05, 0) is 110 Å². The fourth-order valence-electron chi connectivity index (χ4n) is 10.4. The van der Waals surface area contributed by atoms with Crippen LogP contribution in [-0.2, 0) is 55.6 Å². The van der Waals surface area contributed by atoms with Crippen molar-refractivity contribution in [3.8, 4) is 62.1 Å². The van der Waals surface area contributed by atoms with Crippen LogP contribution in [0.2, 0.25) is 0 Å². The van der Waals surface area contributed by atoms with Crippen molar-refractivity contribution in [3.63, 3.8) is 0 Å². The minimum Gasteiger partial charge on any atom is -0.507 e. The molecule has 1 unspecified atom stereocenters. The molecule has 0 bridgehead atoms. The van der Waals surface area contributed by atoms with Crippen LogP contribution in [0.3, 0.4) is 0 Å². The molecule has 0 fully saturated rings. The second-order valence-electron chi connectivity index (χ2n) is 25.9. The van der Waals surface area contributed by atoms with Crippen LogP contribution in [0.25, 0.3) is 72.6 Å². The molecule has 74 heavy (non-hydrogen) atoms. The van der Waals surface area contributed by atoms with E-state index in [-0.39, 0.29) is 60.0 Å². The second-order valence-corrected chi connectivity index (χ2v) is 25.9. The Kier molecular flexibility index (Phi) is 13.4. The number of phenolic OH excluding ortho intramolecular Hbond substituents is 1. The Balaban J connectivity index is 0.00000672. The summed E-state index contributed by atoms with van der Waals surface area (Å²) in [5.41, 5.74) is 16.1. The van der Waals surface area contributed by atoms with Crippen LogP contribution in [0.1, 0.15) is 149 Å². The first kappa shape index (κ1) is 52.6. The molecule has 6 aromatic carbocycles. The number of rotatable bonds is 7. The molecule has 0 saturated carbocycles. The maximum absolute atomic E-state index is 12.6. The molecular weight excluding hydrogens is 1090 g/mol. The van der Waals surface area contributed by atoms with Crippen LogP contribution in [0.4, 0.5) is 0 Å². The number of aromatic nitrogens is 3. The Hall–Kier alpha value is -6.23. The quantitative estimate of drug-likeness (QED) is 0.161. The average Bonchev–Trinajstić information content (AvgIpc) is 4.05. The molecule has 3 aromatic heterocycles. The molecule has 1 aliphatic rings. The van der Waals surface area contributed by atoms with Gasteiger partial charge in [0, 0.05) is 55.9 Å². The van der Waals surface area contributed by atoms with Crippen molar-refractivity contribution in [3.05, 3.63) is 173 Å². The fraction of sp³-hybridized carbons (Fsp3) is 0.343. The third kappa shape index (κ3) is 10.2. The molecule has 384 valence electrons. The summed E-state index contributed by atoms with van der Waals surface area (Å²) in [5.74, 6) is 2.54. The molecule has 0 saturated heterocycles. The van der Waals surface area contributed by atoms with E-state index in [1.54, 1.807) is 0 Å². The molecule has 0 spiro atoms. The van der Waals surface area contributed by atoms with Crippen molar-refractivity contribution < 1.29 is 35.3 Å². The first-order valence-corrected chi connectivity index (χ1v) is 26.1. The van der Waals surface area contributed by atoms with Gasteiger partial charge in [0.25, 0.3) is 0 Å². The van der Waals surface area contributed by atoms with E-state index in [1.807, 2.05) is 12.3 Å². The van der Waals surface area contributed by atoms with Gasteiger partial charge in [-0.1, -0.05) is 176 Å². The first-order valence-electron chi connectivity index (χ1n) is 26.1. The Bertz CT molecular complexity index is 3580. The van der Waals surface area contributed by atoms with Crippen molar-refractivity contribution in [1.29, 1.82) is 0 Å². The number of para-hydroxylation sites is 1. The summed E-state index contributed by atoms with van der Waals surface area (Å²) in [6, 6.07) is 47.3. The number of pyridine rings is 1. The average molecular weight is 1160 g/mol. The molecule has 4 heterocycles. The summed E-state index contributed by atoms with van der Waals surface area (Å²) in [6.45, 7) is 33.5. The Morgan fingerprint density at radius 2 is 1.31 bits per heavy atom. The molecule has 9 aromatic rings. The molecule has 7 heteroatoms. The van der Waals surface area contributed by atoms with E-state index in [4.69, 9.17) is 19.1 Å². The SMILES string of the molecule is CC(C)(C)Cc1ccc2oc(C3Cc4c(ccnc4-c4[c-]c(-c5cccc6c5nc(-c5cc(C(C)(C)C)cc(C(C)(C)C)c5O)n6-c5ccc(C(C)(C)C)cc5-c5ccccc5)cc(C(C)(C)C)c4)O3)cc2c1.[Pt]. The molecule has 1 N–H and O–H groups in total. The summed E-state index contributed by atoms with van der Waals surface area (Å²) >= 11 is 0. The predicted octanol–water partition coefficient (Wildman–Crippen LogP) is 17.8. The van der Waals surface area contributed by atoms with Gasteiger partial charge in [-0.25, -0.2) is 4.98 Å². The van der Waals surface area contributed by atoms with E-state index in [2.05, 4.69) is 230 Å². The largest absolute Gasteiger partial charge is 0.507 e. The molecule has 10 rings (SSSR count). The van der Waals surface area contributed by atoms with Crippen molar-refractivity contribution >= 4 is 22.0 Å². The van der Waals surface area contributed by atoms with E-state index in [0.717, 1.165) is 101 Å². The number of furan rings is 1. The standard InChI is InChI=1S/C67H72N3O3.Pt/c1-63(2,3)39-40-24-27-55-43(30-40)34-57(72-55)58-38-50-56(73-58)28-29-68-59(50)44-31-42(32-46(33-44)65(7,8)9)48-22-19-23-54-60(48)69-62(51-36-47(66(10,11)12)37-52(61(51)71)67(13,14)15)70(54)53-26-25-45(64(4,5)6)35-49(53)41-20-17-16-18-21-41;/h16-30,32-37,58,71H,38-39H2,1-15H3;/q-1;. The minimum absolute atomic E-state index is 0. The van der Waals surface area contributed by atoms with E-state index in [0.29, 0.717) is 17.8 Å². The van der Waals surface area contributed by atoms with Crippen molar-refractivity contribution in [1.82, 2.24) is 14.5 Å². The molecule has 0 amide bonds. The number of hydrogen-bond acceptors (Lipinski definition) is 5. The minimum atomic E-state index is -0.344. The fourth-order valence-corrected chi connectivity index (χ4v) is 10.4. The van der Waals surface area contributed by atoms with Gasteiger partial charge in [0.2, 0.25) is 0 Å². The summed E-state index contributed by atoms with van der Waals surface area (Å²) < 4.78 is 15.5. The van der Waals surface area contributed by atoms with Crippen LogP contribution in [0, 0.1) is 11.5 Å². The number of aromatic hydroxyl groups is 1. The van der Waals surface area contributed by atoms with Gasteiger partial charge in [-0.2, -0.15) is 0 Å². The van der Waals surface area contributed by atoms with Crippen molar-refractivity contribution in [2.75, 3.05) is 0 Å². The van der Waals surface area contributed by atoms with Gasteiger partial charge in [0.1, 0.15) is 28.7 Å². The number of phenols is 1. The summed E-state index contributed by atoms with van der Waals surface area (Å²) in [4.78, 5) is 10.8. The molecule has 1 atom stereocenters. The molecular formula is C67H72N3O3Pt-. The number of fused-ring (bicyclic) bond motifs is 3. The Morgan fingerprint density at radius 3 is 1.99 bits per heavy atom. The van der Waals surface area contributed by atoms with E-state index < -0.39 is 0 Å². The van der Waals surface area contributed by atoms with E-state index in [9.17, 15) is 5.11 Å². The van der Waals surface area contributed by atoms with Crippen LogP contribution in [0.5, 0.6) is 11.5 Å². The normalized spacial score (nSPS) is 14.3.